The molecule has 0 saturated heterocycles. The average Bonchev–Trinajstić information content (AvgIpc) is 2.52. The van der Waals surface area contributed by atoms with Crippen LogP contribution in [-0.4, -0.2) is 29.6 Å². The summed E-state index contributed by atoms with van der Waals surface area (Å²) in [6.45, 7) is 2.92. The number of nitrogens with one attached hydrogen (secondary N) is 2. The Morgan fingerprint density at radius 1 is 1.22 bits per heavy atom. The minimum Gasteiger partial charge on any atom is -0.354 e. The highest BCUT2D eigenvalue weighted by Crippen LogP contribution is 2.27. The third kappa shape index (κ3) is 2.59. The largest absolute Gasteiger partial charge is 0.354 e. The first-order valence-electron chi connectivity index (χ1n) is 6.83. The van der Waals surface area contributed by atoms with Gasteiger partial charge in [-0.2, -0.15) is 0 Å². The van der Waals surface area contributed by atoms with Gasteiger partial charge in [0, 0.05) is 25.1 Å². The summed E-state index contributed by atoms with van der Waals surface area (Å²) >= 11 is 6.26. The minimum absolute atomic E-state index is 0.625. The molecule has 0 amide bonds. The molecule has 2 heterocycles. The van der Waals surface area contributed by atoms with E-state index >= 15 is 0 Å². The standard InChI is InChI=1S/C13H19ClN4/c14-12-10-4-6-15-7-5-11(10)17-13(18-12)16-8-9-2-1-3-9/h9,15H,1-8H2,(H,16,17,18). The summed E-state index contributed by atoms with van der Waals surface area (Å²) in [4.78, 5) is 8.99. The molecule has 0 atom stereocenters. The van der Waals surface area contributed by atoms with Crippen LogP contribution in [-0.2, 0) is 12.8 Å². The molecule has 1 aliphatic heterocycles. The van der Waals surface area contributed by atoms with Gasteiger partial charge in [0.2, 0.25) is 5.95 Å². The number of fused-ring (bicyclic) bond motifs is 1. The number of hydrogen-bond acceptors (Lipinski definition) is 4. The van der Waals surface area contributed by atoms with Gasteiger partial charge in [-0.05, 0) is 31.7 Å². The van der Waals surface area contributed by atoms with Gasteiger partial charge in [-0.25, -0.2) is 9.97 Å². The quantitative estimate of drug-likeness (QED) is 0.822. The van der Waals surface area contributed by atoms with Crippen molar-refractivity contribution in [1.29, 1.82) is 0 Å². The molecule has 2 N–H and O–H groups in total. The normalized spacial score (nSPS) is 19.8. The third-order valence-corrected chi connectivity index (χ3v) is 4.22. The van der Waals surface area contributed by atoms with E-state index in [9.17, 15) is 0 Å². The molecule has 1 saturated carbocycles. The van der Waals surface area contributed by atoms with Crippen molar-refractivity contribution >= 4 is 17.5 Å². The summed E-state index contributed by atoms with van der Waals surface area (Å²) in [5, 5.41) is 7.32. The molecule has 98 valence electrons. The van der Waals surface area contributed by atoms with Gasteiger partial charge in [0.05, 0.1) is 5.69 Å². The van der Waals surface area contributed by atoms with E-state index in [0.717, 1.165) is 49.7 Å². The van der Waals surface area contributed by atoms with Crippen molar-refractivity contribution in [3.8, 4) is 0 Å². The number of anilines is 1. The van der Waals surface area contributed by atoms with Crippen molar-refractivity contribution in [2.45, 2.75) is 32.1 Å². The monoisotopic (exact) mass is 266 g/mol. The summed E-state index contributed by atoms with van der Waals surface area (Å²) < 4.78 is 0. The van der Waals surface area contributed by atoms with Crippen LogP contribution in [0.15, 0.2) is 0 Å². The van der Waals surface area contributed by atoms with Gasteiger partial charge in [-0.1, -0.05) is 18.0 Å². The predicted octanol–water partition coefficient (Wildman–Crippen LogP) is 2.03. The van der Waals surface area contributed by atoms with Crippen molar-refractivity contribution in [3.05, 3.63) is 16.4 Å². The van der Waals surface area contributed by atoms with E-state index in [-0.39, 0.29) is 0 Å². The first-order chi connectivity index (χ1) is 8.83. The Morgan fingerprint density at radius 3 is 2.83 bits per heavy atom. The Labute approximate surface area is 113 Å². The van der Waals surface area contributed by atoms with Crippen LogP contribution in [0.25, 0.3) is 0 Å². The van der Waals surface area contributed by atoms with Gasteiger partial charge >= 0.3 is 0 Å². The smallest absolute Gasteiger partial charge is 0.224 e. The zero-order valence-electron chi connectivity index (χ0n) is 10.5. The first-order valence-corrected chi connectivity index (χ1v) is 7.20. The molecule has 0 spiro atoms. The number of hydrogen-bond donors (Lipinski definition) is 2. The Kier molecular flexibility index (Phi) is 3.66. The van der Waals surface area contributed by atoms with Gasteiger partial charge in [0.15, 0.2) is 0 Å². The van der Waals surface area contributed by atoms with Gasteiger partial charge in [0.1, 0.15) is 5.15 Å². The second-order valence-electron chi connectivity index (χ2n) is 5.19. The molecule has 18 heavy (non-hydrogen) atoms. The summed E-state index contributed by atoms with van der Waals surface area (Å²) in [5.41, 5.74) is 2.23. The topological polar surface area (TPSA) is 49.8 Å². The first kappa shape index (κ1) is 12.2. The Morgan fingerprint density at radius 2 is 2.06 bits per heavy atom. The molecular formula is C13H19ClN4. The van der Waals surface area contributed by atoms with E-state index in [1.807, 2.05) is 0 Å². The molecule has 0 radical (unpaired) electrons. The van der Waals surface area contributed by atoms with Gasteiger partial charge < -0.3 is 10.6 Å². The molecule has 1 aromatic rings. The van der Waals surface area contributed by atoms with E-state index in [4.69, 9.17) is 11.6 Å². The van der Waals surface area contributed by atoms with Gasteiger partial charge in [0.25, 0.3) is 0 Å². The zero-order chi connectivity index (χ0) is 12.4. The van der Waals surface area contributed by atoms with Crippen LogP contribution in [0.3, 0.4) is 0 Å². The second kappa shape index (κ2) is 5.41. The molecule has 1 aromatic heterocycles. The summed E-state index contributed by atoms with van der Waals surface area (Å²) in [5.74, 6) is 1.50. The molecule has 3 rings (SSSR count). The molecule has 4 nitrogen and oxygen atoms in total. The van der Waals surface area contributed by atoms with Crippen molar-refractivity contribution in [3.63, 3.8) is 0 Å². The maximum Gasteiger partial charge on any atom is 0.224 e. The van der Waals surface area contributed by atoms with E-state index in [2.05, 4.69) is 20.6 Å². The van der Waals surface area contributed by atoms with Crippen molar-refractivity contribution in [2.24, 2.45) is 5.92 Å². The Hall–Kier alpha value is -0.870. The van der Waals surface area contributed by atoms with Crippen molar-refractivity contribution in [1.82, 2.24) is 15.3 Å². The lowest BCUT2D eigenvalue weighted by Crippen LogP contribution is -2.22. The summed E-state index contributed by atoms with van der Waals surface area (Å²) in [7, 11) is 0. The average molecular weight is 267 g/mol. The van der Waals surface area contributed by atoms with Crippen LogP contribution >= 0.6 is 11.6 Å². The minimum atomic E-state index is 0.625. The maximum absolute atomic E-state index is 6.26. The highest BCUT2D eigenvalue weighted by molar-refractivity contribution is 6.30. The molecule has 5 heteroatoms. The molecule has 0 aromatic carbocycles. The van der Waals surface area contributed by atoms with E-state index in [1.165, 1.54) is 19.3 Å². The molecule has 0 unspecified atom stereocenters. The second-order valence-corrected chi connectivity index (χ2v) is 5.55. The lowest BCUT2D eigenvalue weighted by Gasteiger charge is -2.25. The number of nitrogens with zero attached hydrogens (tertiary/aromatic N) is 2. The summed E-state index contributed by atoms with van der Waals surface area (Å²) in [6.07, 6.45) is 5.89. The number of aromatic nitrogens is 2. The van der Waals surface area contributed by atoms with Crippen molar-refractivity contribution in [2.75, 3.05) is 25.0 Å². The SMILES string of the molecule is Clc1nc(NCC2CCC2)nc2c1CCNCC2. The highest BCUT2D eigenvalue weighted by atomic mass is 35.5. The molecular weight excluding hydrogens is 248 g/mol. The fourth-order valence-corrected chi connectivity index (χ4v) is 2.79. The Balaban J connectivity index is 1.74. The lowest BCUT2D eigenvalue weighted by atomic mass is 9.85. The third-order valence-electron chi connectivity index (χ3n) is 3.91. The molecule has 1 aliphatic carbocycles. The summed E-state index contributed by atoms with van der Waals surface area (Å²) in [6, 6.07) is 0. The van der Waals surface area contributed by atoms with E-state index in [1.54, 1.807) is 0 Å². The molecule has 1 fully saturated rings. The maximum atomic E-state index is 6.26. The van der Waals surface area contributed by atoms with E-state index in [0.29, 0.717) is 11.1 Å². The van der Waals surface area contributed by atoms with Crippen LogP contribution in [0, 0.1) is 5.92 Å². The lowest BCUT2D eigenvalue weighted by molar-refractivity contribution is 0.333. The molecule has 2 aliphatic rings. The predicted molar refractivity (Wildman–Crippen MR) is 73.2 cm³/mol. The van der Waals surface area contributed by atoms with Crippen molar-refractivity contribution < 1.29 is 0 Å². The van der Waals surface area contributed by atoms with Crippen LogP contribution < -0.4 is 10.6 Å². The molecule has 0 bridgehead atoms. The fraction of sp³-hybridized carbons (Fsp3) is 0.692. The van der Waals surface area contributed by atoms with Crippen LogP contribution in [0.2, 0.25) is 5.15 Å². The number of halogens is 1. The van der Waals surface area contributed by atoms with Gasteiger partial charge in [-0.3, -0.25) is 0 Å². The highest BCUT2D eigenvalue weighted by Gasteiger charge is 2.19. The van der Waals surface area contributed by atoms with Gasteiger partial charge in [-0.15, -0.1) is 0 Å². The van der Waals surface area contributed by atoms with E-state index < -0.39 is 0 Å². The zero-order valence-corrected chi connectivity index (χ0v) is 11.3. The van der Waals surface area contributed by atoms with Crippen LogP contribution in [0.4, 0.5) is 5.95 Å². The van der Waals surface area contributed by atoms with Crippen LogP contribution in [0.5, 0.6) is 0 Å². The fourth-order valence-electron chi connectivity index (χ4n) is 2.51. The Bertz CT molecular complexity index is 431. The number of rotatable bonds is 3. The van der Waals surface area contributed by atoms with Crippen LogP contribution in [0.1, 0.15) is 30.5 Å².